The zero-order valence-corrected chi connectivity index (χ0v) is 11.9. The topological polar surface area (TPSA) is 51.0 Å². The van der Waals surface area contributed by atoms with E-state index in [4.69, 9.17) is 4.52 Å². The quantitative estimate of drug-likeness (QED) is 0.779. The van der Waals surface area contributed by atoms with Crippen LogP contribution in [-0.2, 0) is 6.42 Å². The van der Waals surface area contributed by atoms with E-state index in [1.54, 1.807) is 0 Å². The summed E-state index contributed by atoms with van der Waals surface area (Å²) in [6.45, 7) is 0. The summed E-state index contributed by atoms with van der Waals surface area (Å²) in [4.78, 5) is 4.48. The Morgan fingerprint density at radius 1 is 1.00 bits per heavy atom. The summed E-state index contributed by atoms with van der Waals surface area (Å²) in [5.41, 5.74) is 2.17. The lowest BCUT2D eigenvalue weighted by Crippen LogP contribution is -2.18. The minimum Gasteiger partial charge on any atom is -0.339 e. The smallest absolute Gasteiger partial charge is 0.228 e. The molecule has 1 aromatic heterocycles. The number of aromatic nitrogens is 2. The molecule has 3 rings (SSSR count). The Balaban J connectivity index is 1.78. The maximum atomic E-state index is 5.37. The molecular formula is C17H17N3O. The van der Waals surface area contributed by atoms with Crippen LogP contribution in [-0.4, -0.2) is 17.2 Å². The molecule has 0 saturated carbocycles. The van der Waals surface area contributed by atoms with E-state index in [0.29, 0.717) is 18.1 Å². The first-order chi connectivity index (χ1) is 10.4. The van der Waals surface area contributed by atoms with Crippen molar-refractivity contribution in [1.29, 1.82) is 0 Å². The van der Waals surface area contributed by atoms with Gasteiger partial charge < -0.3 is 9.84 Å². The van der Waals surface area contributed by atoms with Gasteiger partial charge in [0.05, 0.1) is 0 Å². The minimum atomic E-state index is 0.162. The molecule has 0 bridgehead atoms. The van der Waals surface area contributed by atoms with Gasteiger partial charge >= 0.3 is 0 Å². The highest BCUT2D eigenvalue weighted by Crippen LogP contribution is 2.20. The summed E-state index contributed by atoms with van der Waals surface area (Å²) in [5.74, 6) is 1.27. The van der Waals surface area contributed by atoms with Crippen LogP contribution in [0.1, 0.15) is 17.5 Å². The third kappa shape index (κ3) is 3.17. The van der Waals surface area contributed by atoms with E-state index in [9.17, 15) is 0 Å². The van der Waals surface area contributed by atoms with Crippen molar-refractivity contribution in [2.24, 2.45) is 0 Å². The Kier molecular flexibility index (Phi) is 4.07. The molecule has 0 aliphatic carbocycles. The normalized spacial score (nSPS) is 12.2. The van der Waals surface area contributed by atoms with Crippen LogP contribution < -0.4 is 5.32 Å². The van der Waals surface area contributed by atoms with Crippen molar-refractivity contribution < 1.29 is 4.52 Å². The molecule has 0 aliphatic heterocycles. The highest BCUT2D eigenvalue weighted by Gasteiger charge is 2.15. The molecule has 0 fully saturated rings. The lowest BCUT2D eigenvalue weighted by atomic mass is 10.0. The fourth-order valence-electron chi connectivity index (χ4n) is 2.29. The van der Waals surface area contributed by atoms with E-state index < -0.39 is 0 Å². The lowest BCUT2D eigenvalue weighted by molar-refractivity contribution is 0.363. The molecule has 0 amide bonds. The van der Waals surface area contributed by atoms with E-state index in [0.717, 1.165) is 5.56 Å². The van der Waals surface area contributed by atoms with Gasteiger partial charge in [-0.05, 0) is 12.6 Å². The number of hydrogen-bond donors (Lipinski definition) is 1. The average molecular weight is 279 g/mol. The van der Waals surface area contributed by atoms with Gasteiger partial charge in [-0.1, -0.05) is 65.8 Å². The summed E-state index contributed by atoms with van der Waals surface area (Å²) < 4.78 is 5.37. The monoisotopic (exact) mass is 279 g/mol. The molecule has 0 spiro atoms. The van der Waals surface area contributed by atoms with Crippen LogP contribution in [0.4, 0.5) is 0 Å². The van der Waals surface area contributed by atoms with Crippen molar-refractivity contribution in [3.05, 3.63) is 72.1 Å². The van der Waals surface area contributed by atoms with Gasteiger partial charge in [0.25, 0.3) is 0 Å². The molecule has 3 aromatic rings. The summed E-state index contributed by atoms with van der Waals surface area (Å²) in [6, 6.07) is 20.3. The van der Waals surface area contributed by atoms with Crippen molar-refractivity contribution in [1.82, 2.24) is 15.5 Å². The van der Waals surface area contributed by atoms with Crippen molar-refractivity contribution in [3.8, 4) is 11.4 Å². The van der Waals surface area contributed by atoms with E-state index in [-0.39, 0.29) is 6.04 Å². The summed E-state index contributed by atoms with van der Waals surface area (Å²) in [5, 5.41) is 7.34. The first-order valence-corrected chi connectivity index (χ1v) is 6.97. The predicted octanol–water partition coefficient (Wildman–Crippen LogP) is 3.24. The second-order valence-corrected chi connectivity index (χ2v) is 4.83. The molecule has 0 aliphatic rings. The van der Waals surface area contributed by atoms with Crippen LogP contribution in [0.3, 0.4) is 0 Å². The number of likely N-dealkylation sites (N-methyl/N-ethyl adjacent to an activating group) is 1. The SMILES string of the molecule is CNC(Cc1nc(-c2ccccc2)no1)c1ccccc1. The summed E-state index contributed by atoms with van der Waals surface area (Å²) in [6.07, 6.45) is 0.667. The molecule has 106 valence electrons. The highest BCUT2D eigenvalue weighted by atomic mass is 16.5. The molecular weight excluding hydrogens is 262 g/mol. The van der Waals surface area contributed by atoms with Crippen molar-refractivity contribution in [2.45, 2.75) is 12.5 Å². The maximum absolute atomic E-state index is 5.37. The molecule has 1 unspecified atom stereocenters. The Bertz CT molecular complexity index is 680. The Morgan fingerprint density at radius 2 is 1.67 bits per heavy atom. The number of hydrogen-bond acceptors (Lipinski definition) is 4. The molecule has 1 N–H and O–H groups in total. The number of nitrogens with one attached hydrogen (secondary N) is 1. The molecule has 4 heteroatoms. The average Bonchev–Trinajstić information content (AvgIpc) is 3.03. The van der Waals surface area contributed by atoms with E-state index in [2.05, 4.69) is 27.6 Å². The second kappa shape index (κ2) is 6.33. The van der Waals surface area contributed by atoms with Crippen LogP contribution in [0.2, 0.25) is 0 Å². The standard InChI is InChI=1S/C17H17N3O/c1-18-15(13-8-4-2-5-9-13)12-16-19-17(20-21-16)14-10-6-3-7-11-14/h2-11,15,18H,12H2,1H3. The second-order valence-electron chi connectivity index (χ2n) is 4.83. The van der Waals surface area contributed by atoms with Crippen molar-refractivity contribution in [2.75, 3.05) is 7.05 Å². The zero-order valence-electron chi connectivity index (χ0n) is 11.9. The Labute approximate surface area is 123 Å². The van der Waals surface area contributed by atoms with Gasteiger partial charge in [0, 0.05) is 18.0 Å². The third-order valence-electron chi connectivity index (χ3n) is 3.43. The first kappa shape index (κ1) is 13.5. The highest BCUT2D eigenvalue weighted by molar-refractivity contribution is 5.53. The molecule has 1 atom stereocenters. The third-order valence-corrected chi connectivity index (χ3v) is 3.43. The van der Waals surface area contributed by atoms with Gasteiger partial charge in [0.2, 0.25) is 11.7 Å². The molecule has 4 nitrogen and oxygen atoms in total. The van der Waals surface area contributed by atoms with Crippen LogP contribution in [0.25, 0.3) is 11.4 Å². The van der Waals surface area contributed by atoms with E-state index in [1.807, 2.05) is 55.6 Å². The molecule has 0 saturated heterocycles. The number of rotatable bonds is 5. The fourth-order valence-corrected chi connectivity index (χ4v) is 2.29. The summed E-state index contributed by atoms with van der Waals surface area (Å²) >= 11 is 0. The van der Waals surface area contributed by atoms with Gasteiger partial charge in [-0.2, -0.15) is 4.98 Å². The fraction of sp³-hybridized carbons (Fsp3) is 0.176. The lowest BCUT2D eigenvalue weighted by Gasteiger charge is -2.13. The predicted molar refractivity (Wildman–Crippen MR) is 81.7 cm³/mol. The first-order valence-electron chi connectivity index (χ1n) is 6.97. The molecule has 21 heavy (non-hydrogen) atoms. The molecule has 2 aromatic carbocycles. The van der Waals surface area contributed by atoms with Crippen LogP contribution >= 0.6 is 0 Å². The largest absolute Gasteiger partial charge is 0.339 e. The number of nitrogens with zero attached hydrogens (tertiary/aromatic N) is 2. The number of benzene rings is 2. The van der Waals surface area contributed by atoms with Gasteiger partial charge in [-0.3, -0.25) is 0 Å². The van der Waals surface area contributed by atoms with Crippen LogP contribution in [0.5, 0.6) is 0 Å². The van der Waals surface area contributed by atoms with Gasteiger partial charge in [0.15, 0.2) is 0 Å². The van der Waals surface area contributed by atoms with E-state index in [1.165, 1.54) is 5.56 Å². The van der Waals surface area contributed by atoms with Crippen LogP contribution in [0.15, 0.2) is 65.2 Å². The minimum absolute atomic E-state index is 0.162. The van der Waals surface area contributed by atoms with Crippen molar-refractivity contribution in [3.63, 3.8) is 0 Å². The Morgan fingerprint density at radius 3 is 2.33 bits per heavy atom. The molecule has 0 radical (unpaired) electrons. The van der Waals surface area contributed by atoms with Crippen LogP contribution in [0, 0.1) is 0 Å². The molecule has 1 heterocycles. The van der Waals surface area contributed by atoms with Gasteiger partial charge in [-0.15, -0.1) is 0 Å². The Hall–Kier alpha value is -2.46. The van der Waals surface area contributed by atoms with Gasteiger partial charge in [-0.25, -0.2) is 0 Å². The van der Waals surface area contributed by atoms with Crippen molar-refractivity contribution >= 4 is 0 Å². The zero-order chi connectivity index (χ0) is 14.5. The maximum Gasteiger partial charge on any atom is 0.228 e. The van der Waals surface area contributed by atoms with Gasteiger partial charge in [0.1, 0.15) is 0 Å². The summed E-state index contributed by atoms with van der Waals surface area (Å²) in [7, 11) is 1.94. The van der Waals surface area contributed by atoms with E-state index >= 15 is 0 Å².